The lowest BCUT2D eigenvalue weighted by Gasteiger charge is -2.13. The lowest BCUT2D eigenvalue weighted by Crippen LogP contribution is -2.28. The van der Waals surface area contributed by atoms with E-state index in [1.165, 1.54) is 24.3 Å². The van der Waals surface area contributed by atoms with Crippen LogP contribution >= 0.6 is 11.6 Å². The summed E-state index contributed by atoms with van der Waals surface area (Å²) in [6, 6.07) is 9.44. The number of aromatic carboxylic acids is 1. The van der Waals surface area contributed by atoms with E-state index in [0.29, 0.717) is 35.2 Å². The molecule has 2 aromatic rings. The number of benzene rings is 1. The summed E-state index contributed by atoms with van der Waals surface area (Å²) in [6.07, 6.45) is 3.26. The van der Waals surface area contributed by atoms with E-state index in [0.717, 1.165) is 12.8 Å². The lowest BCUT2D eigenvalue weighted by atomic mass is 10.1. The number of carbonyl (C=O) groups is 2. The molecule has 1 N–H and O–H groups in total. The molecule has 1 aliphatic rings. The van der Waals surface area contributed by atoms with Crippen molar-refractivity contribution in [1.29, 1.82) is 5.26 Å². The van der Waals surface area contributed by atoms with Crippen LogP contribution in [0.4, 0.5) is 0 Å². The first-order valence-corrected chi connectivity index (χ1v) is 8.41. The maximum atomic E-state index is 12.3. The molecule has 1 aromatic heterocycles. The Hall–Kier alpha value is -3.04. The van der Waals surface area contributed by atoms with Gasteiger partial charge in [-0.3, -0.25) is 4.79 Å². The van der Waals surface area contributed by atoms with E-state index < -0.39 is 5.97 Å². The Morgan fingerprint density at radius 2 is 1.96 bits per heavy atom. The van der Waals surface area contributed by atoms with Crippen LogP contribution in [-0.2, 0) is 4.79 Å². The van der Waals surface area contributed by atoms with Gasteiger partial charge in [0, 0.05) is 24.7 Å². The number of carboxylic acid groups (broad SMARTS) is 1. The summed E-state index contributed by atoms with van der Waals surface area (Å²) in [6.45, 7) is 1.30. The molecule has 0 radical (unpaired) electrons. The average molecular weight is 371 g/mol. The number of rotatable bonds is 4. The van der Waals surface area contributed by atoms with Crippen LogP contribution in [0.2, 0.25) is 5.02 Å². The third-order valence-corrected chi connectivity index (χ3v) is 4.47. The van der Waals surface area contributed by atoms with Crippen LogP contribution < -0.4 is 0 Å². The molecule has 0 saturated carbocycles. The number of nitrogens with zero attached hydrogens (tertiary/aromatic N) is 2. The molecule has 2 heterocycles. The Morgan fingerprint density at radius 3 is 2.62 bits per heavy atom. The molecule has 7 heteroatoms. The molecule has 0 unspecified atom stereocenters. The van der Waals surface area contributed by atoms with Crippen LogP contribution in [-0.4, -0.2) is 35.0 Å². The lowest BCUT2D eigenvalue weighted by molar-refractivity contribution is -0.125. The van der Waals surface area contributed by atoms with Crippen LogP contribution in [0.1, 0.15) is 29.0 Å². The molecule has 132 valence electrons. The first-order valence-electron chi connectivity index (χ1n) is 8.03. The van der Waals surface area contributed by atoms with E-state index in [1.807, 2.05) is 6.07 Å². The smallest absolute Gasteiger partial charge is 0.335 e. The monoisotopic (exact) mass is 370 g/mol. The van der Waals surface area contributed by atoms with Crippen molar-refractivity contribution in [3.05, 3.63) is 52.3 Å². The Bertz CT molecular complexity index is 933. The third kappa shape index (κ3) is 3.63. The van der Waals surface area contributed by atoms with Crippen molar-refractivity contribution >= 4 is 29.6 Å². The minimum Gasteiger partial charge on any atom is -0.478 e. The summed E-state index contributed by atoms with van der Waals surface area (Å²) in [5, 5.41) is 18.7. The van der Waals surface area contributed by atoms with Gasteiger partial charge in [-0.15, -0.1) is 0 Å². The second-order valence-electron chi connectivity index (χ2n) is 5.87. The zero-order chi connectivity index (χ0) is 18.7. The highest BCUT2D eigenvalue weighted by atomic mass is 35.5. The van der Waals surface area contributed by atoms with E-state index in [4.69, 9.17) is 21.1 Å². The summed E-state index contributed by atoms with van der Waals surface area (Å²) in [5.74, 6) is -0.706. The third-order valence-electron chi connectivity index (χ3n) is 4.14. The Labute approximate surface area is 154 Å². The molecule has 0 atom stereocenters. The van der Waals surface area contributed by atoms with Crippen molar-refractivity contribution < 1.29 is 19.1 Å². The van der Waals surface area contributed by atoms with Gasteiger partial charge in [0.2, 0.25) is 0 Å². The average Bonchev–Trinajstić information content (AvgIpc) is 3.31. The first-order chi connectivity index (χ1) is 12.5. The van der Waals surface area contributed by atoms with Crippen molar-refractivity contribution in [2.75, 3.05) is 13.1 Å². The van der Waals surface area contributed by atoms with Gasteiger partial charge < -0.3 is 14.4 Å². The second kappa shape index (κ2) is 7.46. The Balaban J connectivity index is 1.90. The number of likely N-dealkylation sites (tertiary alicyclic amines) is 1. The highest BCUT2D eigenvalue weighted by Crippen LogP contribution is 2.31. The van der Waals surface area contributed by atoms with Gasteiger partial charge in [-0.25, -0.2) is 4.79 Å². The maximum Gasteiger partial charge on any atom is 0.335 e. The van der Waals surface area contributed by atoms with Gasteiger partial charge >= 0.3 is 5.97 Å². The summed E-state index contributed by atoms with van der Waals surface area (Å²) in [7, 11) is 0. The van der Waals surface area contributed by atoms with Crippen LogP contribution in [0.15, 0.2) is 40.3 Å². The van der Waals surface area contributed by atoms with Gasteiger partial charge in [0.1, 0.15) is 23.2 Å². The van der Waals surface area contributed by atoms with Crippen LogP contribution in [0.3, 0.4) is 0 Å². The molecule has 6 nitrogen and oxygen atoms in total. The molecule has 1 fully saturated rings. The maximum absolute atomic E-state index is 12.3. The summed E-state index contributed by atoms with van der Waals surface area (Å²) >= 11 is 6.13. The number of carboxylic acids is 1. The first kappa shape index (κ1) is 17.8. The van der Waals surface area contributed by atoms with Crippen LogP contribution in [0.25, 0.3) is 17.4 Å². The SMILES string of the molecule is N#C/C(=C\c1ccc(-c2cc(C(=O)O)ccc2Cl)o1)C(=O)N1CCCC1. The number of carbonyl (C=O) groups excluding carboxylic acids is 1. The highest BCUT2D eigenvalue weighted by molar-refractivity contribution is 6.33. The highest BCUT2D eigenvalue weighted by Gasteiger charge is 2.22. The minimum atomic E-state index is -1.07. The number of hydrogen-bond acceptors (Lipinski definition) is 4. The summed E-state index contributed by atoms with van der Waals surface area (Å²) in [5.41, 5.74) is 0.508. The molecule has 1 amide bonds. The zero-order valence-corrected chi connectivity index (χ0v) is 14.5. The van der Waals surface area contributed by atoms with E-state index in [2.05, 4.69) is 0 Å². The van der Waals surface area contributed by atoms with Crippen molar-refractivity contribution in [2.45, 2.75) is 12.8 Å². The molecule has 1 saturated heterocycles. The second-order valence-corrected chi connectivity index (χ2v) is 6.28. The fourth-order valence-corrected chi connectivity index (χ4v) is 3.01. The molecule has 0 aliphatic carbocycles. The van der Waals surface area contributed by atoms with Gasteiger partial charge in [-0.2, -0.15) is 5.26 Å². The van der Waals surface area contributed by atoms with Gasteiger partial charge in [0.05, 0.1) is 10.6 Å². The Morgan fingerprint density at radius 1 is 1.23 bits per heavy atom. The molecular formula is C19H15ClN2O4. The fraction of sp³-hybridized carbons (Fsp3) is 0.211. The normalized spacial score (nSPS) is 14.3. The Kier molecular flexibility index (Phi) is 5.10. The molecular weight excluding hydrogens is 356 g/mol. The molecule has 0 spiro atoms. The zero-order valence-electron chi connectivity index (χ0n) is 13.7. The number of halogens is 1. The molecule has 1 aliphatic heterocycles. The minimum absolute atomic E-state index is 0.00168. The van der Waals surface area contributed by atoms with Crippen molar-refractivity contribution in [2.24, 2.45) is 0 Å². The summed E-state index contributed by atoms with van der Waals surface area (Å²) in [4.78, 5) is 25.1. The van der Waals surface area contributed by atoms with E-state index in [-0.39, 0.29) is 17.0 Å². The standard InChI is InChI=1S/C19H15ClN2O4/c20-16-5-3-12(19(24)25)10-15(16)17-6-4-14(26-17)9-13(11-21)18(23)22-7-1-2-8-22/h3-6,9-10H,1-2,7-8H2,(H,24,25)/b13-9+. The predicted octanol–water partition coefficient (Wildman–Crippen LogP) is 3.83. The number of hydrogen-bond donors (Lipinski definition) is 1. The quantitative estimate of drug-likeness (QED) is 0.652. The van der Waals surface area contributed by atoms with Crippen molar-refractivity contribution in [3.8, 4) is 17.4 Å². The van der Waals surface area contributed by atoms with E-state index >= 15 is 0 Å². The number of furan rings is 1. The number of amides is 1. The van der Waals surface area contributed by atoms with Crippen molar-refractivity contribution in [3.63, 3.8) is 0 Å². The van der Waals surface area contributed by atoms with Crippen LogP contribution in [0, 0.1) is 11.3 Å². The van der Waals surface area contributed by atoms with Crippen LogP contribution in [0.5, 0.6) is 0 Å². The summed E-state index contributed by atoms with van der Waals surface area (Å²) < 4.78 is 5.65. The van der Waals surface area contributed by atoms with Gasteiger partial charge in [-0.05, 0) is 43.2 Å². The molecule has 3 rings (SSSR count). The number of nitriles is 1. The molecule has 0 bridgehead atoms. The fourth-order valence-electron chi connectivity index (χ4n) is 2.80. The van der Waals surface area contributed by atoms with Gasteiger partial charge in [-0.1, -0.05) is 11.6 Å². The van der Waals surface area contributed by atoms with Gasteiger partial charge in [0.25, 0.3) is 5.91 Å². The predicted molar refractivity (Wildman–Crippen MR) is 95.5 cm³/mol. The van der Waals surface area contributed by atoms with E-state index in [1.54, 1.807) is 17.0 Å². The molecule has 1 aromatic carbocycles. The largest absolute Gasteiger partial charge is 0.478 e. The van der Waals surface area contributed by atoms with Crippen molar-refractivity contribution in [1.82, 2.24) is 4.90 Å². The topological polar surface area (TPSA) is 94.5 Å². The van der Waals surface area contributed by atoms with E-state index in [9.17, 15) is 14.9 Å². The van der Waals surface area contributed by atoms with Gasteiger partial charge in [0.15, 0.2) is 0 Å². The molecule has 26 heavy (non-hydrogen) atoms.